The minimum absolute atomic E-state index is 0.198. The van der Waals surface area contributed by atoms with E-state index < -0.39 is 6.10 Å². The monoisotopic (exact) mass is 238 g/mol. The Balaban J connectivity index is 2.21. The van der Waals surface area contributed by atoms with Gasteiger partial charge in [-0.3, -0.25) is 4.79 Å². The number of nitrogens with zero attached hydrogens (tertiary/aromatic N) is 1. The van der Waals surface area contributed by atoms with Crippen LogP contribution in [0.5, 0.6) is 0 Å². The van der Waals surface area contributed by atoms with Gasteiger partial charge in [-0.2, -0.15) is 0 Å². The van der Waals surface area contributed by atoms with Crippen LogP contribution in [-0.4, -0.2) is 38.8 Å². The van der Waals surface area contributed by atoms with Gasteiger partial charge in [0.25, 0.3) is 5.91 Å². The third kappa shape index (κ3) is 2.45. The van der Waals surface area contributed by atoms with Crippen molar-refractivity contribution in [2.45, 2.75) is 6.10 Å². The zero-order valence-corrected chi connectivity index (χ0v) is 9.65. The molecule has 1 aromatic rings. The molecule has 1 saturated heterocycles. The van der Waals surface area contributed by atoms with Crippen molar-refractivity contribution < 1.29 is 13.9 Å². The first kappa shape index (κ1) is 12.0. The van der Waals surface area contributed by atoms with Crippen LogP contribution >= 0.6 is 0 Å². The van der Waals surface area contributed by atoms with E-state index >= 15 is 0 Å². The van der Waals surface area contributed by atoms with Crippen LogP contribution < -0.4 is 10.2 Å². The second kappa shape index (κ2) is 5.25. The highest BCUT2D eigenvalue weighted by molar-refractivity contribution is 5.97. The normalized spacial score (nSPS) is 20.7. The number of nitrogens with one attached hydrogen (secondary N) is 1. The third-order valence-corrected chi connectivity index (χ3v) is 2.71. The second-order valence-corrected chi connectivity index (χ2v) is 3.86. The molecule has 2 rings (SSSR count). The van der Waals surface area contributed by atoms with Gasteiger partial charge < -0.3 is 15.0 Å². The Hall–Kier alpha value is -1.46. The fourth-order valence-corrected chi connectivity index (χ4v) is 1.88. The highest BCUT2D eigenvalue weighted by atomic mass is 19.1. The lowest BCUT2D eigenvalue weighted by Gasteiger charge is -2.32. The molecule has 92 valence electrons. The van der Waals surface area contributed by atoms with Crippen molar-refractivity contribution in [3.8, 4) is 0 Å². The first-order valence-corrected chi connectivity index (χ1v) is 5.56. The van der Waals surface area contributed by atoms with Crippen LogP contribution in [0, 0.1) is 5.82 Å². The maximum Gasteiger partial charge on any atom is 0.257 e. The molecule has 0 aromatic heterocycles. The van der Waals surface area contributed by atoms with E-state index in [-0.39, 0.29) is 11.7 Å². The number of carbonyl (C=O) groups excluding carboxylic acids is 1. The lowest BCUT2D eigenvalue weighted by Crippen LogP contribution is -2.51. The molecule has 1 aliphatic rings. The number of benzene rings is 1. The fourth-order valence-electron chi connectivity index (χ4n) is 1.88. The van der Waals surface area contributed by atoms with E-state index in [1.54, 1.807) is 25.2 Å². The smallest absolute Gasteiger partial charge is 0.257 e. The molecule has 1 unspecified atom stereocenters. The molecule has 0 aliphatic carbocycles. The molecule has 0 spiro atoms. The lowest BCUT2D eigenvalue weighted by atomic mass is 10.2. The summed E-state index contributed by atoms with van der Waals surface area (Å²) in [5.74, 6) is -0.582. The van der Waals surface area contributed by atoms with Gasteiger partial charge in [-0.15, -0.1) is 0 Å². The van der Waals surface area contributed by atoms with Crippen molar-refractivity contribution >= 4 is 11.6 Å². The topological polar surface area (TPSA) is 41.6 Å². The zero-order chi connectivity index (χ0) is 12.3. The predicted molar refractivity (Wildman–Crippen MR) is 62.4 cm³/mol. The number of rotatable bonds is 3. The van der Waals surface area contributed by atoms with E-state index in [1.165, 1.54) is 11.0 Å². The van der Waals surface area contributed by atoms with Crippen molar-refractivity contribution in [1.82, 2.24) is 5.32 Å². The van der Waals surface area contributed by atoms with Gasteiger partial charge in [0.1, 0.15) is 11.9 Å². The average Bonchev–Trinajstić information content (AvgIpc) is 2.33. The van der Waals surface area contributed by atoms with Crippen LogP contribution in [0.3, 0.4) is 0 Å². The second-order valence-electron chi connectivity index (χ2n) is 3.86. The summed E-state index contributed by atoms with van der Waals surface area (Å²) in [5, 5.41) is 2.89. The van der Waals surface area contributed by atoms with E-state index in [0.717, 1.165) is 0 Å². The minimum atomic E-state index is -0.534. The van der Waals surface area contributed by atoms with Gasteiger partial charge in [-0.1, -0.05) is 12.1 Å². The van der Waals surface area contributed by atoms with Gasteiger partial charge in [0, 0.05) is 13.1 Å². The summed E-state index contributed by atoms with van der Waals surface area (Å²) in [6.45, 7) is 1.25. The molecule has 5 heteroatoms. The molecule has 1 aromatic carbocycles. The molecule has 1 N–H and O–H groups in total. The number of amides is 1. The number of hydrogen-bond acceptors (Lipinski definition) is 3. The first-order valence-electron chi connectivity index (χ1n) is 5.56. The number of ether oxygens (including phenoxy) is 1. The van der Waals surface area contributed by atoms with Crippen molar-refractivity contribution in [3.05, 3.63) is 30.1 Å². The Kier molecular flexibility index (Phi) is 3.71. The number of morpholine rings is 1. The zero-order valence-electron chi connectivity index (χ0n) is 9.65. The third-order valence-electron chi connectivity index (χ3n) is 2.71. The SMILES string of the molecule is CNCC1OCCN(c2ccccc2F)C1=O. The van der Waals surface area contributed by atoms with E-state index in [0.29, 0.717) is 25.4 Å². The minimum Gasteiger partial charge on any atom is -0.365 e. The summed E-state index contributed by atoms with van der Waals surface area (Å²) in [7, 11) is 1.75. The molecule has 0 saturated carbocycles. The van der Waals surface area contributed by atoms with Gasteiger partial charge in [0.05, 0.1) is 12.3 Å². The summed E-state index contributed by atoms with van der Waals surface area (Å²) in [4.78, 5) is 13.5. The Morgan fingerprint density at radius 2 is 2.29 bits per heavy atom. The summed E-state index contributed by atoms with van der Waals surface area (Å²) in [5.41, 5.74) is 0.321. The largest absolute Gasteiger partial charge is 0.365 e. The van der Waals surface area contributed by atoms with Gasteiger partial charge in [0.15, 0.2) is 0 Å². The Morgan fingerprint density at radius 1 is 1.53 bits per heavy atom. The Labute approximate surface area is 99.4 Å². The van der Waals surface area contributed by atoms with Crippen LogP contribution in [0.15, 0.2) is 24.3 Å². The fraction of sp³-hybridized carbons (Fsp3) is 0.417. The molecule has 1 aliphatic heterocycles. The number of hydrogen-bond donors (Lipinski definition) is 1. The Bertz CT molecular complexity index is 409. The summed E-state index contributed by atoms with van der Waals surface area (Å²) < 4.78 is 19.0. The summed E-state index contributed by atoms with van der Waals surface area (Å²) in [6, 6.07) is 6.28. The van der Waals surface area contributed by atoms with Crippen LogP contribution in [0.4, 0.5) is 10.1 Å². The number of carbonyl (C=O) groups is 1. The molecule has 0 bridgehead atoms. The molecule has 0 radical (unpaired) electrons. The van der Waals surface area contributed by atoms with Crippen molar-refractivity contribution in [2.24, 2.45) is 0 Å². The van der Waals surface area contributed by atoms with Crippen LogP contribution in [-0.2, 0) is 9.53 Å². The van der Waals surface area contributed by atoms with Gasteiger partial charge in [0.2, 0.25) is 0 Å². The van der Waals surface area contributed by atoms with Gasteiger partial charge in [-0.05, 0) is 19.2 Å². The van der Waals surface area contributed by atoms with E-state index in [4.69, 9.17) is 4.74 Å². The van der Waals surface area contributed by atoms with E-state index in [2.05, 4.69) is 5.32 Å². The standard InChI is InChI=1S/C12H15FN2O2/c1-14-8-11-12(16)15(6-7-17-11)10-5-3-2-4-9(10)13/h2-5,11,14H,6-8H2,1H3. The highest BCUT2D eigenvalue weighted by Crippen LogP contribution is 2.21. The van der Waals surface area contributed by atoms with E-state index in [1.807, 2.05) is 0 Å². The summed E-state index contributed by atoms with van der Waals surface area (Å²) in [6.07, 6.45) is -0.534. The molecular formula is C12H15FN2O2. The molecule has 1 heterocycles. The lowest BCUT2D eigenvalue weighted by molar-refractivity contribution is -0.133. The molecule has 1 fully saturated rings. The van der Waals surface area contributed by atoms with Gasteiger partial charge >= 0.3 is 0 Å². The van der Waals surface area contributed by atoms with Crippen LogP contribution in [0.1, 0.15) is 0 Å². The molecule has 1 amide bonds. The van der Waals surface area contributed by atoms with E-state index in [9.17, 15) is 9.18 Å². The molecular weight excluding hydrogens is 223 g/mol. The van der Waals surface area contributed by atoms with Crippen molar-refractivity contribution in [2.75, 3.05) is 31.6 Å². The van der Waals surface area contributed by atoms with Gasteiger partial charge in [-0.25, -0.2) is 4.39 Å². The maximum absolute atomic E-state index is 13.6. The van der Waals surface area contributed by atoms with Crippen molar-refractivity contribution in [3.63, 3.8) is 0 Å². The summed E-state index contributed by atoms with van der Waals surface area (Å²) >= 11 is 0. The van der Waals surface area contributed by atoms with Crippen LogP contribution in [0.2, 0.25) is 0 Å². The number of likely N-dealkylation sites (N-methyl/N-ethyl adjacent to an activating group) is 1. The quantitative estimate of drug-likeness (QED) is 0.846. The molecule has 1 atom stereocenters. The maximum atomic E-state index is 13.6. The van der Waals surface area contributed by atoms with Crippen molar-refractivity contribution in [1.29, 1.82) is 0 Å². The predicted octanol–water partition coefficient (Wildman–Crippen LogP) is 0.777. The average molecular weight is 238 g/mol. The van der Waals surface area contributed by atoms with Crippen LogP contribution in [0.25, 0.3) is 0 Å². The molecule has 17 heavy (non-hydrogen) atoms. The highest BCUT2D eigenvalue weighted by Gasteiger charge is 2.31. The molecule has 4 nitrogen and oxygen atoms in total. The number of para-hydroxylation sites is 1. The number of halogens is 1. The first-order chi connectivity index (χ1) is 8.24. The number of anilines is 1. The Morgan fingerprint density at radius 3 is 3.00 bits per heavy atom.